The second-order valence-corrected chi connectivity index (χ2v) is 5.69. The highest BCUT2D eigenvalue weighted by Gasteiger charge is 2.29. The Kier molecular flexibility index (Phi) is 13.1. The van der Waals surface area contributed by atoms with Crippen LogP contribution in [0.1, 0.15) is 58.3 Å². The van der Waals surface area contributed by atoms with E-state index in [4.69, 9.17) is 4.52 Å². The van der Waals surface area contributed by atoms with Gasteiger partial charge in [-0.05, 0) is 6.42 Å². The molecule has 0 radical (unpaired) electrons. The Morgan fingerprint density at radius 3 is 1.74 bits per heavy atom. The Morgan fingerprint density at radius 1 is 0.789 bits per heavy atom. The van der Waals surface area contributed by atoms with Gasteiger partial charge < -0.3 is 0 Å². The molecule has 0 spiro atoms. The average molecular weight is 298 g/mol. The summed E-state index contributed by atoms with van der Waals surface area (Å²) in [6.07, 6.45) is 9.41. The summed E-state index contributed by atoms with van der Waals surface area (Å²) in [5, 5.41) is 0. The quantitative estimate of drug-likeness (QED) is 0.205. The molecule has 0 aliphatic carbocycles. The highest BCUT2D eigenvalue weighted by molar-refractivity contribution is 7.48. The Labute approximate surface area is 116 Å². The van der Waals surface area contributed by atoms with Crippen molar-refractivity contribution in [2.24, 2.45) is 0 Å². The summed E-state index contributed by atoms with van der Waals surface area (Å²) in [4.78, 5) is 8.60. The number of phosphoric acid groups is 1. The maximum absolute atomic E-state index is 11.7. The SMILES string of the molecule is CCCCCCCCCCOP(=O)(OOC)OOC. The lowest BCUT2D eigenvalue weighted by Crippen LogP contribution is -2.00. The predicted octanol–water partition coefficient (Wildman–Crippen LogP) is 4.41. The van der Waals surface area contributed by atoms with Crippen LogP contribution in [0.4, 0.5) is 0 Å². The lowest BCUT2D eigenvalue weighted by atomic mass is 10.1. The first-order valence-corrected chi connectivity index (χ1v) is 8.34. The third-order valence-electron chi connectivity index (χ3n) is 2.58. The highest BCUT2D eigenvalue weighted by atomic mass is 31.2. The molecule has 0 unspecified atom stereocenters. The average Bonchev–Trinajstić information content (AvgIpc) is 2.37. The van der Waals surface area contributed by atoms with Crippen LogP contribution in [0.3, 0.4) is 0 Å². The topological polar surface area (TPSA) is 63.2 Å². The monoisotopic (exact) mass is 298 g/mol. The van der Waals surface area contributed by atoms with Crippen molar-refractivity contribution in [3.8, 4) is 0 Å². The number of hydrogen-bond acceptors (Lipinski definition) is 6. The van der Waals surface area contributed by atoms with Crippen LogP contribution in [0, 0.1) is 0 Å². The molecule has 0 aromatic heterocycles. The molecule has 0 amide bonds. The van der Waals surface area contributed by atoms with Gasteiger partial charge in [0.05, 0.1) is 20.8 Å². The van der Waals surface area contributed by atoms with E-state index in [0.717, 1.165) is 19.3 Å². The zero-order valence-electron chi connectivity index (χ0n) is 12.3. The molecule has 0 aliphatic rings. The lowest BCUT2D eigenvalue weighted by Gasteiger charge is -2.13. The van der Waals surface area contributed by atoms with Gasteiger partial charge in [-0.2, -0.15) is 0 Å². The van der Waals surface area contributed by atoms with Crippen LogP contribution in [0.2, 0.25) is 0 Å². The van der Waals surface area contributed by atoms with Gasteiger partial charge in [0.15, 0.2) is 0 Å². The lowest BCUT2D eigenvalue weighted by molar-refractivity contribution is -0.259. The van der Waals surface area contributed by atoms with Gasteiger partial charge in [-0.15, -0.1) is 9.35 Å². The van der Waals surface area contributed by atoms with Crippen LogP contribution in [0.15, 0.2) is 0 Å². The van der Waals surface area contributed by atoms with E-state index in [0.29, 0.717) is 6.61 Å². The molecule has 116 valence electrons. The standard InChI is InChI=1S/C12H27O6P/c1-4-5-6-7-8-9-10-11-12-16-19(13,17-14-2)18-15-3/h4-12H2,1-3H3. The summed E-state index contributed by atoms with van der Waals surface area (Å²) in [6, 6.07) is 0. The first kappa shape index (κ1) is 19.0. The van der Waals surface area contributed by atoms with E-state index in [1.54, 1.807) is 0 Å². The van der Waals surface area contributed by atoms with Gasteiger partial charge in [-0.3, -0.25) is 4.52 Å². The molecule has 0 saturated heterocycles. The summed E-state index contributed by atoms with van der Waals surface area (Å²) in [5.41, 5.74) is 0. The van der Waals surface area contributed by atoms with Crippen molar-refractivity contribution in [2.45, 2.75) is 58.3 Å². The van der Waals surface area contributed by atoms with Crippen molar-refractivity contribution in [1.82, 2.24) is 0 Å². The molecule has 0 fully saturated rings. The fourth-order valence-corrected chi connectivity index (χ4v) is 2.48. The minimum atomic E-state index is -3.73. The smallest absolute Gasteiger partial charge is 0.284 e. The maximum Gasteiger partial charge on any atom is 0.529 e. The molecular formula is C12H27O6P. The Bertz CT molecular complexity index is 226. The normalized spacial score (nSPS) is 11.9. The van der Waals surface area contributed by atoms with Gasteiger partial charge in [0, 0.05) is 0 Å². The van der Waals surface area contributed by atoms with Gasteiger partial charge in [0.2, 0.25) is 0 Å². The largest absolute Gasteiger partial charge is 0.529 e. The van der Waals surface area contributed by atoms with Crippen LogP contribution in [-0.4, -0.2) is 20.8 Å². The zero-order chi connectivity index (χ0) is 14.4. The fraction of sp³-hybridized carbons (Fsp3) is 1.00. The molecule has 6 nitrogen and oxygen atoms in total. The van der Waals surface area contributed by atoms with Gasteiger partial charge in [0.25, 0.3) is 0 Å². The molecule has 0 aromatic carbocycles. The molecule has 0 N–H and O–H groups in total. The summed E-state index contributed by atoms with van der Waals surface area (Å²) in [5.74, 6) is 0. The molecule has 0 aromatic rings. The van der Waals surface area contributed by atoms with E-state index in [1.807, 2.05) is 0 Å². The Balaban J connectivity index is 3.47. The maximum atomic E-state index is 11.7. The summed E-state index contributed by atoms with van der Waals surface area (Å²) >= 11 is 0. The van der Waals surface area contributed by atoms with Gasteiger partial charge in [-0.1, -0.05) is 51.9 Å². The minimum Gasteiger partial charge on any atom is -0.284 e. The summed E-state index contributed by atoms with van der Waals surface area (Å²) < 4.78 is 25.6. The first-order valence-electron chi connectivity index (χ1n) is 6.88. The van der Waals surface area contributed by atoms with E-state index in [9.17, 15) is 4.57 Å². The van der Waals surface area contributed by atoms with Crippen molar-refractivity contribution >= 4 is 7.82 Å². The van der Waals surface area contributed by atoms with E-state index in [2.05, 4.69) is 26.0 Å². The second kappa shape index (κ2) is 13.0. The Hall–Kier alpha value is 0.0300. The molecule has 0 rings (SSSR count). The Morgan fingerprint density at radius 2 is 1.26 bits per heavy atom. The van der Waals surface area contributed by atoms with Crippen LogP contribution in [0.5, 0.6) is 0 Å². The fourth-order valence-electron chi connectivity index (χ4n) is 1.65. The number of rotatable bonds is 14. The molecule has 0 bridgehead atoms. The van der Waals surface area contributed by atoms with E-state index < -0.39 is 7.82 Å². The molecule has 0 aliphatic heterocycles. The van der Waals surface area contributed by atoms with Crippen LogP contribution < -0.4 is 0 Å². The number of unbranched alkanes of at least 4 members (excludes halogenated alkanes) is 7. The van der Waals surface area contributed by atoms with Crippen LogP contribution >= 0.6 is 7.82 Å². The van der Waals surface area contributed by atoms with Crippen molar-refractivity contribution in [2.75, 3.05) is 20.8 Å². The van der Waals surface area contributed by atoms with Gasteiger partial charge >= 0.3 is 7.82 Å². The van der Waals surface area contributed by atoms with Crippen molar-refractivity contribution < 1.29 is 28.2 Å². The molecular weight excluding hydrogens is 271 g/mol. The molecule has 7 heteroatoms. The van der Waals surface area contributed by atoms with Crippen molar-refractivity contribution in [3.05, 3.63) is 0 Å². The first-order chi connectivity index (χ1) is 9.18. The zero-order valence-corrected chi connectivity index (χ0v) is 13.2. The van der Waals surface area contributed by atoms with Crippen molar-refractivity contribution in [3.63, 3.8) is 0 Å². The predicted molar refractivity (Wildman–Crippen MR) is 72.4 cm³/mol. The molecule has 0 atom stereocenters. The molecule has 19 heavy (non-hydrogen) atoms. The van der Waals surface area contributed by atoms with E-state index in [1.165, 1.54) is 46.3 Å². The second-order valence-electron chi connectivity index (χ2n) is 4.24. The third-order valence-corrected chi connectivity index (χ3v) is 3.74. The van der Waals surface area contributed by atoms with Crippen LogP contribution in [0.25, 0.3) is 0 Å². The van der Waals surface area contributed by atoms with Crippen LogP contribution in [-0.2, 0) is 28.2 Å². The van der Waals surface area contributed by atoms with E-state index in [-0.39, 0.29) is 0 Å². The third kappa shape index (κ3) is 11.5. The summed E-state index contributed by atoms with van der Waals surface area (Å²) in [6.45, 7) is 2.50. The molecule has 0 saturated carbocycles. The molecule has 0 heterocycles. The van der Waals surface area contributed by atoms with E-state index >= 15 is 0 Å². The number of hydrogen-bond donors (Lipinski definition) is 0. The summed E-state index contributed by atoms with van der Waals surface area (Å²) in [7, 11) is -1.28. The van der Waals surface area contributed by atoms with Gasteiger partial charge in [-0.25, -0.2) is 14.3 Å². The van der Waals surface area contributed by atoms with Crippen molar-refractivity contribution in [1.29, 1.82) is 0 Å². The minimum absolute atomic E-state index is 0.291. The van der Waals surface area contributed by atoms with Gasteiger partial charge in [0.1, 0.15) is 0 Å². The highest BCUT2D eigenvalue weighted by Crippen LogP contribution is 2.49.